The van der Waals surface area contributed by atoms with Crippen LogP contribution in [0.2, 0.25) is 0 Å². The maximum atomic E-state index is 13.3. The summed E-state index contributed by atoms with van der Waals surface area (Å²) in [4.78, 5) is 33.5. The first-order valence-electron chi connectivity index (χ1n) is 8.54. The Bertz CT molecular complexity index is 824. The highest BCUT2D eigenvalue weighted by Gasteiger charge is 2.38. The zero-order valence-electron chi connectivity index (χ0n) is 14.1. The number of rotatable bonds is 4. The second-order valence-electron chi connectivity index (χ2n) is 6.51. The summed E-state index contributed by atoms with van der Waals surface area (Å²) < 4.78 is 26.6. The van der Waals surface area contributed by atoms with Crippen molar-refractivity contribution in [3.8, 4) is 0 Å². The zero-order valence-corrected chi connectivity index (χ0v) is 14.1. The number of nitrogens with one attached hydrogen (secondary N) is 1. The maximum absolute atomic E-state index is 13.3. The van der Waals surface area contributed by atoms with E-state index < -0.39 is 5.92 Å². The third-order valence-corrected chi connectivity index (χ3v) is 4.76. The molecule has 7 heteroatoms. The van der Waals surface area contributed by atoms with Crippen LogP contribution in [0.3, 0.4) is 0 Å². The fraction of sp³-hybridized carbons (Fsp3) is 0.500. The Labute approximate surface area is 144 Å². The fourth-order valence-electron chi connectivity index (χ4n) is 3.28. The van der Waals surface area contributed by atoms with Gasteiger partial charge in [0.15, 0.2) is 0 Å². The van der Waals surface area contributed by atoms with Crippen LogP contribution in [0, 0.1) is 5.92 Å². The molecule has 0 unspecified atom stereocenters. The number of hydrogen-bond donors (Lipinski definition) is 1. The van der Waals surface area contributed by atoms with Crippen molar-refractivity contribution in [1.82, 2.24) is 14.9 Å². The molecular formula is C18H21F2N3O2. The van der Waals surface area contributed by atoms with E-state index in [0.29, 0.717) is 23.3 Å². The molecule has 1 aromatic heterocycles. The lowest BCUT2D eigenvalue weighted by molar-refractivity contribution is -0.140. The van der Waals surface area contributed by atoms with E-state index in [0.717, 1.165) is 0 Å². The zero-order chi connectivity index (χ0) is 18.0. The van der Waals surface area contributed by atoms with Gasteiger partial charge in [-0.3, -0.25) is 9.59 Å². The molecule has 0 radical (unpaired) electrons. The molecule has 134 valence electrons. The minimum absolute atomic E-state index is 0.145. The summed E-state index contributed by atoms with van der Waals surface area (Å²) >= 11 is 0. The third-order valence-electron chi connectivity index (χ3n) is 4.76. The van der Waals surface area contributed by atoms with Crippen molar-refractivity contribution in [1.29, 1.82) is 0 Å². The first kappa shape index (κ1) is 17.5. The number of aromatic amines is 1. The number of carbonyl (C=O) groups excluding carboxylic acids is 1. The number of H-pyrrole nitrogens is 1. The maximum Gasteiger partial charge on any atom is 0.258 e. The van der Waals surface area contributed by atoms with Crippen molar-refractivity contribution in [2.75, 3.05) is 6.54 Å². The van der Waals surface area contributed by atoms with Crippen LogP contribution in [0.15, 0.2) is 29.1 Å². The molecule has 1 aliphatic rings. The Hall–Kier alpha value is -2.31. The SMILES string of the molecule is CCN(Cc1nc2ccccc2c(=O)[nH]1)C(=O)C1CCC(F)(F)CC1. The number of hydrogen-bond acceptors (Lipinski definition) is 3. The van der Waals surface area contributed by atoms with Crippen molar-refractivity contribution >= 4 is 16.8 Å². The number of amides is 1. The number of aromatic nitrogens is 2. The molecule has 0 aliphatic heterocycles. The van der Waals surface area contributed by atoms with Crippen molar-refractivity contribution < 1.29 is 13.6 Å². The lowest BCUT2D eigenvalue weighted by atomic mass is 9.86. The van der Waals surface area contributed by atoms with Crippen LogP contribution in [0.1, 0.15) is 38.4 Å². The largest absolute Gasteiger partial charge is 0.335 e. The quantitative estimate of drug-likeness (QED) is 0.922. The van der Waals surface area contributed by atoms with Gasteiger partial charge in [0.1, 0.15) is 5.82 Å². The molecule has 1 aliphatic carbocycles. The van der Waals surface area contributed by atoms with Crippen LogP contribution in [-0.2, 0) is 11.3 Å². The highest BCUT2D eigenvalue weighted by atomic mass is 19.3. The standard InChI is InChI=1S/C18H21F2N3O2/c1-2-23(17(25)12-7-9-18(19,20)10-8-12)11-15-21-14-6-4-3-5-13(14)16(24)22-15/h3-6,12H,2,7-11H2,1H3,(H,21,22,24). The summed E-state index contributed by atoms with van der Waals surface area (Å²) in [7, 11) is 0. The average Bonchev–Trinajstić information content (AvgIpc) is 2.59. The Morgan fingerprint density at radius 2 is 2.00 bits per heavy atom. The lowest BCUT2D eigenvalue weighted by Gasteiger charge is -2.31. The second kappa shape index (κ2) is 6.90. The predicted molar refractivity (Wildman–Crippen MR) is 90.4 cm³/mol. The topological polar surface area (TPSA) is 66.1 Å². The summed E-state index contributed by atoms with van der Waals surface area (Å²) in [6.45, 7) is 2.43. The van der Waals surface area contributed by atoms with Gasteiger partial charge in [-0.1, -0.05) is 12.1 Å². The van der Waals surface area contributed by atoms with Gasteiger partial charge in [0.25, 0.3) is 5.56 Å². The van der Waals surface area contributed by atoms with E-state index in [1.165, 1.54) is 0 Å². The summed E-state index contributed by atoms with van der Waals surface area (Å²) in [5, 5.41) is 0.495. The normalized spacial score (nSPS) is 17.6. The lowest BCUT2D eigenvalue weighted by Crippen LogP contribution is -2.39. The minimum Gasteiger partial charge on any atom is -0.335 e. The molecule has 0 saturated heterocycles. The fourth-order valence-corrected chi connectivity index (χ4v) is 3.28. The van der Waals surface area contributed by atoms with Crippen LogP contribution >= 0.6 is 0 Å². The van der Waals surface area contributed by atoms with E-state index in [1.54, 1.807) is 29.2 Å². The molecule has 1 heterocycles. The van der Waals surface area contributed by atoms with Crippen molar-refractivity contribution in [2.24, 2.45) is 5.92 Å². The molecule has 0 bridgehead atoms. The van der Waals surface area contributed by atoms with Crippen molar-refractivity contribution in [3.05, 3.63) is 40.4 Å². The number of fused-ring (bicyclic) bond motifs is 1. The Balaban J connectivity index is 1.76. The summed E-state index contributed by atoms with van der Waals surface area (Å²) in [5.74, 6) is -2.78. The molecule has 1 N–H and O–H groups in total. The van der Waals surface area contributed by atoms with Crippen LogP contribution < -0.4 is 5.56 Å². The van der Waals surface area contributed by atoms with Gasteiger partial charge in [-0.25, -0.2) is 13.8 Å². The molecule has 0 atom stereocenters. The van der Waals surface area contributed by atoms with Crippen molar-refractivity contribution in [2.45, 2.75) is 45.1 Å². The number of halogens is 2. The predicted octanol–water partition coefficient (Wildman–Crippen LogP) is 3.10. The molecule has 1 amide bonds. The highest BCUT2D eigenvalue weighted by Crippen LogP contribution is 2.36. The first-order valence-corrected chi connectivity index (χ1v) is 8.54. The summed E-state index contributed by atoms with van der Waals surface area (Å²) in [6.07, 6.45) is -0.0912. The van der Waals surface area contributed by atoms with Gasteiger partial charge in [-0.05, 0) is 31.9 Å². The smallest absolute Gasteiger partial charge is 0.258 e. The molecule has 25 heavy (non-hydrogen) atoms. The number of alkyl halides is 2. The van der Waals surface area contributed by atoms with Crippen LogP contribution in [0.5, 0.6) is 0 Å². The first-order chi connectivity index (χ1) is 11.9. The summed E-state index contributed by atoms with van der Waals surface area (Å²) in [5.41, 5.74) is 0.323. The van der Waals surface area contributed by atoms with E-state index in [4.69, 9.17) is 0 Å². The van der Waals surface area contributed by atoms with Gasteiger partial charge in [0.2, 0.25) is 11.8 Å². The van der Waals surface area contributed by atoms with Gasteiger partial charge in [-0.2, -0.15) is 0 Å². The number of carbonyl (C=O) groups is 1. The van der Waals surface area contributed by atoms with E-state index in [2.05, 4.69) is 9.97 Å². The van der Waals surface area contributed by atoms with Crippen LogP contribution in [-0.4, -0.2) is 33.2 Å². The molecule has 1 saturated carbocycles. The van der Waals surface area contributed by atoms with E-state index in [-0.39, 0.29) is 49.6 Å². The second-order valence-corrected chi connectivity index (χ2v) is 6.51. The monoisotopic (exact) mass is 349 g/mol. The Morgan fingerprint density at radius 3 is 2.68 bits per heavy atom. The van der Waals surface area contributed by atoms with E-state index in [1.807, 2.05) is 6.92 Å². The van der Waals surface area contributed by atoms with E-state index >= 15 is 0 Å². The summed E-state index contributed by atoms with van der Waals surface area (Å²) in [6, 6.07) is 6.99. The molecule has 2 aromatic rings. The number of para-hydroxylation sites is 1. The molecule has 0 spiro atoms. The number of benzene rings is 1. The van der Waals surface area contributed by atoms with Crippen LogP contribution in [0.25, 0.3) is 10.9 Å². The Morgan fingerprint density at radius 1 is 1.32 bits per heavy atom. The van der Waals surface area contributed by atoms with Gasteiger partial charge in [0.05, 0.1) is 17.4 Å². The number of nitrogens with zero attached hydrogens (tertiary/aromatic N) is 2. The Kier molecular flexibility index (Phi) is 4.83. The molecule has 3 rings (SSSR count). The van der Waals surface area contributed by atoms with Gasteiger partial charge < -0.3 is 9.88 Å². The van der Waals surface area contributed by atoms with Crippen molar-refractivity contribution in [3.63, 3.8) is 0 Å². The van der Waals surface area contributed by atoms with Gasteiger partial charge in [-0.15, -0.1) is 0 Å². The third kappa shape index (κ3) is 3.86. The van der Waals surface area contributed by atoms with Gasteiger partial charge in [0, 0.05) is 25.3 Å². The highest BCUT2D eigenvalue weighted by molar-refractivity contribution is 5.79. The average molecular weight is 349 g/mol. The van der Waals surface area contributed by atoms with Crippen LogP contribution in [0.4, 0.5) is 8.78 Å². The van der Waals surface area contributed by atoms with E-state index in [9.17, 15) is 18.4 Å². The molecule has 5 nitrogen and oxygen atoms in total. The molecule has 1 fully saturated rings. The van der Waals surface area contributed by atoms with Gasteiger partial charge >= 0.3 is 0 Å². The molecule has 1 aromatic carbocycles. The molecular weight excluding hydrogens is 328 g/mol. The minimum atomic E-state index is -2.65.